The second kappa shape index (κ2) is 10.4. The Hall–Kier alpha value is -2.84. The maximum atomic E-state index is 12.8. The van der Waals surface area contributed by atoms with Gasteiger partial charge in [0.1, 0.15) is 12.4 Å². The number of nitrogens with zero attached hydrogens (tertiary/aromatic N) is 1. The van der Waals surface area contributed by atoms with E-state index in [-0.39, 0.29) is 10.9 Å². The summed E-state index contributed by atoms with van der Waals surface area (Å²) in [6.07, 6.45) is 1.70. The van der Waals surface area contributed by atoms with Gasteiger partial charge in [-0.3, -0.25) is 15.0 Å². The first-order valence-corrected chi connectivity index (χ1v) is 11.7. The fraction of sp³-hybridized carbons (Fsp3) is 0.0417. The molecule has 1 aliphatic heterocycles. The maximum Gasteiger partial charge on any atom is 0.285 e. The smallest absolute Gasteiger partial charge is 0.285 e. The molecule has 0 bridgehead atoms. The standard InChI is InChI=1S/C24H16Cl2N2O3S2/c25-18-10-9-17(20(26)13-18)14-31-19-8-4-5-15(11-19)12-21-23(30)28(24(32)33-21)27-22(29)16-6-2-1-3-7-16/h1-13H,14H2,(H,27,29)/b21-12+. The van der Waals surface area contributed by atoms with Gasteiger partial charge in [-0.2, -0.15) is 5.01 Å². The van der Waals surface area contributed by atoms with Crippen LogP contribution in [0, 0.1) is 0 Å². The molecule has 0 radical (unpaired) electrons. The topological polar surface area (TPSA) is 58.6 Å². The molecule has 0 aliphatic carbocycles. The van der Waals surface area contributed by atoms with Crippen molar-refractivity contribution in [1.82, 2.24) is 10.4 Å². The van der Waals surface area contributed by atoms with Gasteiger partial charge in [0.2, 0.25) is 0 Å². The number of nitrogens with one attached hydrogen (secondary N) is 1. The minimum absolute atomic E-state index is 0.250. The molecule has 3 aromatic carbocycles. The molecule has 0 aromatic heterocycles. The Kier molecular flexibility index (Phi) is 7.35. The molecule has 0 spiro atoms. The third-order valence-corrected chi connectivity index (χ3v) is 6.50. The highest BCUT2D eigenvalue weighted by Crippen LogP contribution is 2.32. The second-order valence-corrected chi connectivity index (χ2v) is 9.44. The van der Waals surface area contributed by atoms with Crippen molar-refractivity contribution in [3.63, 3.8) is 0 Å². The van der Waals surface area contributed by atoms with Crippen molar-refractivity contribution in [1.29, 1.82) is 0 Å². The molecular weight excluding hydrogens is 499 g/mol. The third kappa shape index (κ3) is 5.75. The first-order valence-electron chi connectivity index (χ1n) is 9.71. The second-order valence-electron chi connectivity index (χ2n) is 6.92. The average molecular weight is 515 g/mol. The van der Waals surface area contributed by atoms with Gasteiger partial charge in [0, 0.05) is 21.2 Å². The number of amides is 2. The summed E-state index contributed by atoms with van der Waals surface area (Å²) in [4.78, 5) is 25.6. The van der Waals surface area contributed by atoms with Crippen molar-refractivity contribution in [3.8, 4) is 5.75 Å². The van der Waals surface area contributed by atoms with Crippen LogP contribution in [0.15, 0.2) is 77.7 Å². The summed E-state index contributed by atoms with van der Waals surface area (Å²) in [5.41, 5.74) is 4.56. The molecule has 33 heavy (non-hydrogen) atoms. The summed E-state index contributed by atoms with van der Waals surface area (Å²) in [7, 11) is 0. The van der Waals surface area contributed by atoms with Crippen LogP contribution in [0.4, 0.5) is 0 Å². The van der Waals surface area contributed by atoms with Crippen LogP contribution in [0.1, 0.15) is 21.5 Å². The van der Waals surface area contributed by atoms with E-state index >= 15 is 0 Å². The van der Waals surface area contributed by atoms with Crippen molar-refractivity contribution >= 4 is 69.4 Å². The molecule has 3 aromatic rings. The lowest BCUT2D eigenvalue weighted by atomic mass is 10.2. The van der Waals surface area contributed by atoms with E-state index in [4.69, 9.17) is 40.2 Å². The predicted molar refractivity (Wildman–Crippen MR) is 136 cm³/mol. The van der Waals surface area contributed by atoms with E-state index in [1.54, 1.807) is 54.6 Å². The number of hydrogen-bond donors (Lipinski definition) is 1. The van der Waals surface area contributed by atoms with Crippen molar-refractivity contribution in [2.45, 2.75) is 6.61 Å². The summed E-state index contributed by atoms with van der Waals surface area (Å²) in [5.74, 6) is -0.194. The Morgan fingerprint density at radius 1 is 1.06 bits per heavy atom. The number of halogens is 2. The molecule has 1 fully saturated rings. The zero-order valence-corrected chi connectivity index (χ0v) is 20.1. The lowest BCUT2D eigenvalue weighted by Gasteiger charge is -2.15. The van der Waals surface area contributed by atoms with E-state index in [1.165, 1.54) is 0 Å². The molecule has 1 saturated heterocycles. The quantitative estimate of drug-likeness (QED) is 0.317. The van der Waals surface area contributed by atoms with Gasteiger partial charge in [0.15, 0.2) is 4.32 Å². The zero-order valence-electron chi connectivity index (χ0n) is 17.0. The number of carbonyl (C=O) groups excluding carboxylic acids is 2. The van der Waals surface area contributed by atoms with Crippen LogP contribution in [0.25, 0.3) is 6.08 Å². The van der Waals surface area contributed by atoms with E-state index in [1.807, 2.05) is 24.3 Å². The summed E-state index contributed by atoms with van der Waals surface area (Å²) in [6, 6.07) is 21.1. The number of thiocarbonyl (C=S) groups is 1. The molecule has 0 unspecified atom stereocenters. The Labute approximate surface area is 210 Å². The monoisotopic (exact) mass is 514 g/mol. The molecule has 0 atom stereocenters. The van der Waals surface area contributed by atoms with Gasteiger partial charge < -0.3 is 4.74 Å². The van der Waals surface area contributed by atoms with Gasteiger partial charge in [0.05, 0.1) is 4.91 Å². The lowest BCUT2D eigenvalue weighted by Crippen LogP contribution is -2.44. The van der Waals surface area contributed by atoms with Gasteiger partial charge in [-0.15, -0.1) is 0 Å². The molecule has 1 aliphatic rings. The van der Waals surface area contributed by atoms with Crippen LogP contribution >= 0.6 is 47.2 Å². The molecule has 2 amide bonds. The fourth-order valence-electron chi connectivity index (χ4n) is 2.97. The largest absolute Gasteiger partial charge is 0.489 e. The summed E-state index contributed by atoms with van der Waals surface area (Å²) in [6.45, 7) is 0.271. The van der Waals surface area contributed by atoms with Crippen LogP contribution in [-0.4, -0.2) is 21.1 Å². The highest BCUT2D eigenvalue weighted by atomic mass is 35.5. The molecule has 4 rings (SSSR count). The number of carbonyl (C=O) groups is 2. The van der Waals surface area contributed by atoms with Crippen LogP contribution < -0.4 is 10.2 Å². The Morgan fingerprint density at radius 2 is 1.85 bits per heavy atom. The summed E-state index contributed by atoms with van der Waals surface area (Å²) < 4.78 is 6.10. The Morgan fingerprint density at radius 3 is 2.61 bits per heavy atom. The number of thioether (sulfide) groups is 1. The fourth-order valence-corrected chi connectivity index (χ4v) is 4.61. The average Bonchev–Trinajstić information content (AvgIpc) is 3.06. The molecule has 9 heteroatoms. The Balaban J connectivity index is 1.45. The van der Waals surface area contributed by atoms with Crippen molar-refractivity contribution in [2.75, 3.05) is 0 Å². The Bertz CT molecular complexity index is 1270. The number of hydrazine groups is 1. The van der Waals surface area contributed by atoms with Crippen LogP contribution in [0.2, 0.25) is 10.0 Å². The number of benzene rings is 3. The summed E-state index contributed by atoms with van der Waals surface area (Å²) in [5, 5.41) is 2.17. The van der Waals surface area contributed by atoms with Gasteiger partial charge in [-0.1, -0.05) is 71.4 Å². The number of rotatable bonds is 6. The maximum absolute atomic E-state index is 12.8. The molecule has 0 saturated carbocycles. The molecule has 1 N–H and O–H groups in total. The minimum atomic E-state index is -0.413. The van der Waals surface area contributed by atoms with Crippen LogP contribution in [0.3, 0.4) is 0 Å². The van der Waals surface area contributed by atoms with Crippen molar-refractivity contribution in [3.05, 3.63) is 104 Å². The highest BCUT2D eigenvalue weighted by Gasteiger charge is 2.33. The van der Waals surface area contributed by atoms with Gasteiger partial charge >= 0.3 is 0 Å². The van der Waals surface area contributed by atoms with Gasteiger partial charge in [-0.25, -0.2) is 0 Å². The zero-order chi connectivity index (χ0) is 23.4. The van der Waals surface area contributed by atoms with E-state index in [0.717, 1.165) is 27.9 Å². The first-order chi connectivity index (χ1) is 15.9. The summed E-state index contributed by atoms with van der Waals surface area (Å²) >= 11 is 18.5. The third-order valence-electron chi connectivity index (χ3n) is 4.61. The van der Waals surface area contributed by atoms with Crippen LogP contribution in [0.5, 0.6) is 5.75 Å². The van der Waals surface area contributed by atoms with E-state index in [2.05, 4.69) is 5.43 Å². The highest BCUT2D eigenvalue weighted by molar-refractivity contribution is 8.26. The molecule has 166 valence electrons. The molecule has 1 heterocycles. The molecule has 5 nitrogen and oxygen atoms in total. The number of hydrogen-bond acceptors (Lipinski definition) is 5. The minimum Gasteiger partial charge on any atom is -0.489 e. The SMILES string of the molecule is O=C(NN1C(=O)/C(=C\c2cccc(OCc3ccc(Cl)cc3Cl)c2)SC1=S)c1ccccc1. The van der Waals surface area contributed by atoms with E-state index in [9.17, 15) is 9.59 Å². The van der Waals surface area contributed by atoms with Gasteiger partial charge in [-0.05, 0) is 60.3 Å². The number of ether oxygens (including phenoxy) is 1. The van der Waals surface area contributed by atoms with Crippen molar-refractivity contribution < 1.29 is 14.3 Å². The van der Waals surface area contributed by atoms with E-state index < -0.39 is 11.8 Å². The predicted octanol–water partition coefficient (Wildman–Crippen LogP) is 6.12. The molecular formula is C24H16Cl2N2O3S2. The van der Waals surface area contributed by atoms with Crippen molar-refractivity contribution in [2.24, 2.45) is 0 Å². The van der Waals surface area contributed by atoms with Crippen LogP contribution in [-0.2, 0) is 11.4 Å². The normalized spacial score (nSPS) is 14.6. The first kappa shape index (κ1) is 23.3. The van der Waals surface area contributed by atoms with Gasteiger partial charge in [0.25, 0.3) is 11.8 Å². The lowest BCUT2D eigenvalue weighted by molar-refractivity contribution is -0.123. The van der Waals surface area contributed by atoms with E-state index in [0.29, 0.717) is 26.3 Å².